The Bertz CT molecular complexity index is 614. The van der Waals surface area contributed by atoms with Gasteiger partial charge in [-0.05, 0) is 25.5 Å². The molecule has 7 heteroatoms. The van der Waals surface area contributed by atoms with Crippen LogP contribution in [-0.4, -0.2) is 39.6 Å². The first kappa shape index (κ1) is 16.7. The lowest BCUT2D eigenvalue weighted by atomic mass is 9.76. The van der Waals surface area contributed by atoms with Gasteiger partial charge in [0.25, 0.3) is 0 Å². The number of hydrogen-bond acceptors (Lipinski definition) is 5. The highest BCUT2D eigenvalue weighted by atomic mass is 35.5. The monoisotopic (exact) mass is 326 g/mol. The van der Waals surface area contributed by atoms with Crippen molar-refractivity contribution in [3.05, 3.63) is 23.8 Å². The number of carboxylic acid groups (broad SMARTS) is 1. The molecule has 2 atom stereocenters. The molecule has 6 nitrogen and oxygen atoms in total. The lowest BCUT2D eigenvalue weighted by Gasteiger charge is -2.41. The Morgan fingerprint density at radius 3 is 2.77 bits per heavy atom. The first-order valence-corrected chi connectivity index (χ1v) is 7.11. The predicted molar refractivity (Wildman–Crippen MR) is 84.2 cm³/mol. The van der Waals surface area contributed by atoms with Crippen LogP contribution in [0.15, 0.2) is 23.2 Å². The van der Waals surface area contributed by atoms with E-state index in [-0.39, 0.29) is 42.0 Å². The van der Waals surface area contributed by atoms with Crippen LogP contribution in [0.3, 0.4) is 0 Å². The van der Waals surface area contributed by atoms with E-state index in [2.05, 4.69) is 10.3 Å². The van der Waals surface area contributed by atoms with E-state index in [1.807, 2.05) is 0 Å². The van der Waals surface area contributed by atoms with Gasteiger partial charge < -0.3 is 20.6 Å². The largest absolute Gasteiger partial charge is 0.506 e. The molecule has 0 bridgehead atoms. The molecule has 0 amide bonds. The molecule has 0 spiro atoms. The van der Waals surface area contributed by atoms with Crippen LogP contribution in [0.1, 0.15) is 31.2 Å². The van der Waals surface area contributed by atoms with Crippen LogP contribution in [-0.2, 0) is 10.4 Å². The number of piperidine rings is 1. The quantitative estimate of drug-likeness (QED) is 0.662. The molecule has 4 N–H and O–H groups in total. The molecular weight excluding hydrogens is 308 g/mol. The van der Waals surface area contributed by atoms with Crippen molar-refractivity contribution >= 4 is 29.8 Å². The molecule has 2 aliphatic heterocycles. The molecule has 0 saturated carbocycles. The van der Waals surface area contributed by atoms with Crippen molar-refractivity contribution in [2.24, 2.45) is 4.99 Å². The fourth-order valence-corrected chi connectivity index (χ4v) is 3.22. The molecule has 2 heterocycles. The van der Waals surface area contributed by atoms with Crippen molar-refractivity contribution in [3.8, 4) is 5.75 Å². The first-order chi connectivity index (χ1) is 10.0. The third kappa shape index (κ3) is 2.69. The van der Waals surface area contributed by atoms with Crippen molar-refractivity contribution in [2.45, 2.75) is 37.3 Å². The van der Waals surface area contributed by atoms with Crippen molar-refractivity contribution in [1.82, 2.24) is 5.32 Å². The zero-order valence-corrected chi connectivity index (χ0v) is 12.8. The number of nitrogens with one attached hydrogen (secondary N) is 1. The minimum atomic E-state index is -1.36. The summed E-state index contributed by atoms with van der Waals surface area (Å²) in [5.41, 5.74) is -0.828. The summed E-state index contributed by atoms with van der Waals surface area (Å²) in [5, 5.41) is 33.6. The molecule has 2 unspecified atom stereocenters. The molecule has 0 aliphatic carbocycles. The van der Waals surface area contributed by atoms with Gasteiger partial charge in [-0.15, -0.1) is 12.4 Å². The number of aliphatic hydroxyl groups is 1. The lowest BCUT2D eigenvalue weighted by Crippen LogP contribution is -2.53. The normalized spacial score (nSPS) is 27.3. The summed E-state index contributed by atoms with van der Waals surface area (Å²) in [5.74, 6) is -1.28. The van der Waals surface area contributed by atoms with Crippen molar-refractivity contribution in [1.29, 1.82) is 0 Å². The van der Waals surface area contributed by atoms with Crippen LogP contribution >= 0.6 is 12.4 Å². The Balaban J connectivity index is 0.00000176. The number of benzene rings is 1. The number of phenolic OH excluding ortho intramolecular Hbond substituents is 1. The van der Waals surface area contributed by atoms with Gasteiger partial charge in [-0.2, -0.15) is 0 Å². The summed E-state index contributed by atoms with van der Waals surface area (Å²) in [7, 11) is 0. The zero-order chi connectivity index (χ0) is 15.0. The second kappa shape index (κ2) is 6.24. The predicted octanol–water partition coefficient (Wildman–Crippen LogP) is 1.70. The Labute approximate surface area is 134 Å². The number of carbonyl (C=O) groups is 1. The van der Waals surface area contributed by atoms with Crippen LogP contribution in [0.2, 0.25) is 0 Å². The van der Waals surface area contributed by atoms with Crippen LogP contribution in [0.5, 0.6) is 5.75 Å². The van der Waals surface area contributed by atoms with Gasteiger partial charge in [0, 0.05) is 18.0 Å². The Kier molecular flexibility index (Phi) is 4.75. The van der Waals surface area contributed by atoms with Crippen LogP contribution < -0.4 is 5.32 Å². The van der Waals surface area contributed by atoms with Gasteiger partial charge in [-0.25, -0.2) is 9.79 Å². The minimum Gasteiger partial charge on any atom is -0.506 e. The highest BCUT2D eigenvalue weighted by Gasteiger charge is 2.45. The maximum Gasteiger partial charge on any atom is 0.350 e. The number of carboxylic acids is 1. The molecule has 120 valence electrons. The average molecular weight is 327 g/mol. The maximum atomic E-state index is 11.3. The van der Waals surface area contributed by atoms with E-state index in [1.165, 1.54) is 6.07 Å². The van der Waals surface area contributed by atoms with Gasteiger partial charge in [0.2, 0.25) is 0 Å². The van der Waals surface area contributed by atoms with Crippen LogP contribution in [0, 0.1) is 0 Å². The summed E-state index contributed by atoms with van der Waals surface area (Å²) in [6.07, 6.45) is 2.72. The maximum absolute atomic E-state index is 11.3. The molecule has 3 rings (SSSR count). The number of para-hydroxylation sites is 1. The molecule has 1 saturated heterocycles. The molecule has 0 radical (unpaired) electrons. The molecule has 0 aromatic heterocycles. The number of aliphatic carboxylic acids is 1. The molecule has 1 aromatic rings. The molecule has 1 fully saturated rings. The van der Waals surface area contributed by atoms with Gasteiger partial charge in [0.1, 0.15) is 22.7 Å². The highest BCUT2D eigenvalue weighted by molar-refractivity contribution is 6.36. The standard InChI is InChI=1S/C15H18N2O4.ClH/c18-11-5-3-4-9-13(11)17-10(14(19)20)8-15(9,21)12-6-1-2-7-16-12;/h3-5,12,16,18,21H,1-2,6-8H2,(H,19,20);1H. The fourth-order valence-electron chi connectivity index (χ4n) is 3.22. The smallest absolute Gasteiger partial charge is 0.350 e. The van der Waals surface area contributed by atoms with Gasteiger partial charge >= 0.3 is 5.97 Å². The number of phenols is 1. The highest BCUT2D eigenvalue weighted by Crippen LogP contribution is 2.45. The number of aliphatic imine (C=N–C) groups is 1. The van der Waals surface area contributed by atoms with Crippen molar-refractivity contribution in [2.75, 3.05) is 6.54 Å². The topological polar surface area (TPSA) is 102 Å². The number of halogens is 1. The molecule has 2 aliphatic rings. The lowest BCUT2D eigenvalue weighted by molar-refractivity contribution is -0.130. The summed E-state index contributed by atoms with van der Waals surface area (Å²) in [4.78, 5) is 15.3. The van der Waals surface area contributed by atoms with E-state index >= 15 is 0 Å². The minimum absolute atomic E-state index is 0. The third-order valence-corrected chi connectivity index (χ3v) is 4.30. The summed E-state index contributed by atoms with van der Waals surface area (Å²) in [6, 6.07) is 4.55. The Hall–Kier alpha value is -1.63. The molecular formula is C15H19ClN2O4. The fraction of sp³-hybridized carbons (Fsp3) is 0.467. The zero-order valence-electron chi connectivity index (χ0n) is 12.0. The van der Waals surface area contributed by atoms with E-state index < -0.39 is 11.6 Å². The molecule has 22 heavy (non-hydrogen) atoms. The van der Waals surface area contributed by atoms with E-state index in [1.54, 1.807) is 12.1 Å². The van der Waals surface area contributed by atoms with E-state index in [0.717, 1.165) is 25.8 Å². The van der Waals surface area contributed by atoms with E-state index in [0.29, 0.717) is 5.56 Å². The first-order valence-electron chi connectivity index (χ1n) is 7.11. The second-order valence-electron chi connectivity index (χ2n) is 5.64. The van der Waals surface area contributed by atoms with E-state index in [4.69, 9.17) is 0 Å². The summed E-state index contributed by atoms with van der Waals surface area (Å²) < 4.78 is 0. The second-order valence-corrected chi connectivity index (χ2v) is 5.64. The number of fused-ring (bicyclic) bond motifs is 1. The number of rotatable bonds is 2. The Morgan fingerprint density at radius 1 is 1.36 bits per heavy atom. The van der Waals surface area contributed by atoms with Gasteiger partial charge in [-0.1, -0.05) is 18.6 Å². The Morgan fingerprint density at radius 2 is 2.14 bits per heavy atom. The number of aromatic hydroxyl groups is 1. The van der Waals surface area contributed by atoms with E-state index in [9.17, 15) is 20.1 Å². The van der Waals surface area contributed by atoms with Gasteiger partial charge in [0.15, 0.2) is 0 Å². The van der Waals surface area contributed by atoms with Crippen molar-refractivity contribution in [3.63, 3.8) is 0 Å². The van der Waals surface area contributed by atoms with Crippen LogP contribution in [0.4, 0.5) is 5.69 Å². The van der Waals surface area contributed by atoms with Crippen LogP contribution in [0.25, 0.3) is 0 Å². The van der Waals surface area contributed by atoms with Crippen molar-refractivity contribution < 1.29 is 20.1 Å². The third-order valence-electron chi connectivity index (χ3n) is 4.30. The summed E-state index contributed by atoms with van der Waals surface area (Å²) in [6.45, 7) is 0.792. The number of nitrogens with zero attached hydrogens (tertiary/aromatic N) is 1. The SMILES string of the molecule is Cl.O=C(O)C1=Nc2c(O)cccc2C(O)(C2CCCCN2)C1. The molecule has 1 aromatic carbocycles. The van der Waals surface area contributed by atoms with Gasteiger partial charge in [-0.3, -0.25) is 0 Å². The number of hydrogen-bond donors (Lipinski definition) is 4. The average Bonchev–Trinajstić information content (AvgIpc) is 2.49. The summed E-state index contributed by atoms with van der Waals surface area (Å²) >= 11 is 0. The van der Waals surface area contributed by atoms with Gasteiger partial charge in [0.05, 0.1) is 0 Å².